The molecule has 0 spiro atoms. The van der Waals surface area contributed by atoms with Gasteiger partial charge in [0, 0.05) is 29.9 Å². The molecule has 0 radical (unpaired) electrons. The number of benzene rings is 1. The van der Waals surface area contributed by atoms with Gasteiger partial charge in [-0.05, 0) is 56.4 Å². The number of nitrogens with two attached hydrogens (primary N) is 1. The van der Waals surface area contributed by atoms with Crippen LogP contribution in [-0.4, -0.2) is 30.6 Å². The molecule has 2 amide bonds. The third-order valence-corrected chi connectivity index (χ3v) is 4.73. The first-order valence-electron chi connectivity index (χ1n) is 8.71. The van der Waals surface area contributed by atoms with Crippen molar-refractivity contribution < 1.29 is 14.3 Å². The molecule has 24 heavy (non-hydrogen) atoms. The molecule has 1 saturated heterocycles. The molecule has 6 nitrogen and oxygen atoms in total. The van der Waals surface area contributed by atoms with Gasteiger partial charge < -0.3 is 21.1 Å². The van der Waals surface area contributed by atoms with E-state index in [0.29, 0.717) is 12.3 Å². The van der Waals surface area contributed by atoms with Crippen LogP contribution in [0.4, 0.5) is 11.4 Å². The number of amides is 2. The monoisotopic (exact) mass is 331 g/mol. The van der Waals surface area contributed by atoms with Gasteiger partial charge in [0.25, 0.3) is 5.91 Å². The second kappa shape index (κ2) is 7.77. The van der Waals surface area contributed by atoms with Gasteiger partial charge in [-0.15, -0.1) is 0 Å². The number of hydrogen-bond donors (Lipinski definition) is 3. The van der Waals surface area contributed by atoms with Crippen molar-refractivity contribution in [3.05, 3.63) is 24.3 Å². The highest BCUT2D eigenvalue weighted by Gasteiger charge is 2.25. The molecule has 3 unspecified atom stereocenters. The van der Waals surface area contributed by atoms with Crippen LogP contribution in [0.2, 0.25) is 0 Å². The van der Waals surface area contributed by atoms with E-state index in [-0.39, 0.29) is 29.9 Å². The first kappa shape index (κ1) is 16.9. The molecule has 130 valence electrons. The van der Waals surface area contributed by atoms with Crippen molar-refractivity contribution in [3.63, 3.8) is 0 Å². The Morgan fingerprint density at radius 2 is 1.62 bits per heavy atom. The quantitative estimate of drug-likeness (QED) is 0.789. The molecule has 3 atom stereocenters. The Hall–Kier alpha value is -1.92. The van der Waals surface area contributed by atoms with Gasteiger partial charge in [0.05, 0.1) is 0 Å². The molecule has 3 rings (SSSR count). The minimum Gasteiger partial charge on any atom is -0.368 e. The first-order valence-corrected chi connectivity index (χ1v) is 8.71. The smallest absolute Gasteiger partial charge is 0.253 e. The summed E-state index contributed by atoms with van der Waals surface area (Å²) in [6, 6.07) is 7.30. The van der Waals surface area contributed by atoms with Crippen LogP contribution in [0.15, 0.2) is 24.3 Å². The third kappa shape index (κ3) is 4.33. The van der Waals surface area contributed by atoms with Crippen LogP contribution < -0.4 is 16.4 Å². The molecule has 4 N–H and O–H groups in total. The summed E-state index contributed by atoms with van der Waals surface area (Å²) in [5.74, 6) is -0.0885. The fourth-order valence-electron chi connectivity index (χ4n) is 3.35. The van der Waals surface area contributed by atoms with E-state index in [1.54, 1.807) is 24.3 Å². The molecule has 1 aliphatic heterocycles. The second-order valence-electron chi connectivity index (χ2n) is 6.68. The summed E-state index contributed by atoms with van der Waals surface area (Å²) >= 11 is 0. The summed E-state index contributed by atoms with van der Waals surface area (Å²) < 4.78 is 5.36. The van der Waals surface area contributed by atoms with E-state index in [0.717, 1.165) is 44.2 Å². The summed E-state index contributed by atoms with van der Waals surface area (Å²) in [6.07, 6.45) is 5.00. The van der Waals surface area contributed by atoms with E-state index in [1.165, 1.54) is 0 Å². The van der Waals surface area contributed by atoms with Crippen molar-refractivity contribution in [3.8, 4) is 0 Å². The molecule has 1 aliphatic carbocycles. The van der Waals surface area contributed by atoms with Crippen LogP contribution in [0.3, 0.4) is 0 Å². The minimum atomic E-state index is -0.347. The Kier molecular flexibility index (Phi) is 5.48. The van der Waals surface area contributed by atoms with Gasteiger partial charge in [-0.2, -0.15) is 0 Å². The molecule has 6 heteroatoms. The van der Waals surface area contributed by atoms with E-state index in [1.807, 2.05) is 0 Å². The number of hydrogen-bond acceptors (Lipinski definition) is 4. The van der Waals surface area contributed by atoms with Crippen molar-refractivity contribution in [1.82, 2.24) is 0 Å². The second-order valence-corrected chi connectivity index (χ2v) is 6.68. The molecule has 0 aromatic heterocycles. The van der Waals surface area contributed by atoms with Crippen LogP contribution in [0.25, 0.3) is 0 Å². The maximum Gasteiger partial charge on any atom is 0.253 e. The van der Waals surface area contributed by atoms with Crippen LogP contribution in [0.5, 0.6) is 0 Å². The van der Waals surface area contributed by atoms with E-state index >= 15 is 0 Å². The summed E-state index contributed by atoms with van der Waals surface area (Å²) in [4.78, 5) is 24.3. The lowest BCUT2D eigenvalue weighted by atomic mass is 9.85. The van der Waals surface area contributed by atoms with E-state index in [4.69, 9.17) is 10.5 Å². The summed E-state index contributed by atoms with van der Waals surface area (Å²) in [5.41, 5.74) is 7.38. The summed E-state index contributed by atoms with van der Waals surface area (Å²) in [7, 11) is 0. The predicted octanol–water partition coefficient (Wildman–Crippen LogP) is 2.26. The van der Waals surface area contributed by atoms with Gasteiger partial charge >= 0.3 is 0 Å². The summed E-state index contributed by atoms with van der Waals surface area (Å²) in [5, 5.41) is 5.78. The van der Waals surface area contributed by atoms with Crippen molar-refractivity contribution in [2.45, 2.75) is 50.7 Å². The molecule has 2 fully saturated rings. The summed E-state index contributed by atoms with van der Waals surface area (Å²) in [6.45, 7) is 0.647. The number of carbonyl (C=O) groups excluding carboxylic acids is 2. The molecule has 1 saturated carbocycles. The Bertz CT molecular complexity index is 582. The number of rotatable bonds is 4. The molecule has 1 aromatic carbocycles. The highest BCUT2D eigenvalue weighted by molar-refractivity contribution is 5.95. The lowest BCUT2D eigenvalue weighted by Crippen LogP contribution is -2.34. The largest absolute Gasteiger partial charge is 0.368 e. The standard InChI is InChI=1S/C18H25N3O3/c19-13-4-1-3-12(11-13)17(22)20-14-6-8-15(9-7-14)21-18(23)16-5-2-10-24-16/h6-9,12-13,16H,1-5,10-11,19H2,(H,20,22)(H,21,23). The van der Waals surface area contributed by atoms with Crippen LogP contribution in [0.1, 0.15) is 38.5 Å². The topological polar surface area (TPSA) is 93.5 Å². The van der Waals surface area contributed by atoms with Crippen molar-refractivity contribution in [1.29, 1.82) is 0 Å². The van der Waals surface area contributed by atoms with Gasteiger partial charge in [-0.25, -0.2) is 0 Å². The van der Waals surface area contributed by atoms with Gasteiger partial charge in [0.15, 0.2) is 0 Å². The van der Waals surface area contributed by atoms with Crippen molar-refractivity contribution >= 4 is 23.2 Å². The Labute approximate surface area is 142 Å². The third-order valence-electron chi connectivity index (χ3n) is 4.73. The van der Waals surface area contributed by atoms with E-state index in [2.05, 4.69) is 10.6 Å². The Morgan fingerprint density at radius 1 is 0.958 bits per heavy atom. The van der Waals surface area contributed by atoms with E-state index < -0.39 is 0 Å². The van der Waals surface area contributed by atoms with Crippen LogP contribution in [0, 0.1) is 5.92 Å². The molecule has 0 bridgehead atoms. The first-order chi connectivity index (χ1) is 11.6. The molecule has 1 heterocycles. The molecule has 1 aromatic rings. The van der Waals surface area contributed by atoms with Gasteiger partial charge in [-0.1, -0.05) is 6.42 Å². The zero-order chi connectivity index (χ0) is 16.9. The predicted molar refractivity (Wildman–Crippen MR) is 92.6 cm³/mol. The molecular formula is C18H25N3O3. The lowest BCUT2D eigenvalue weighted by molar-refractivity contribution is -0.124. The molecular weight excluding hydrogens is 306 g/mol. The maximum atomic E-state index is 12.3. The number of anilines is 2. The van der Waals surface area contributed by atoms with Crippen LogP contribution >= 0.6 is 0 Å². The molecule has 2 aliphatic rings. The maximum absolute atomic E-state index is 12.3. The normalized spacial score (nSPS) is 26.8. The van der Waals surface area contributed by atoms with Crippen molar-refractivity contribution in [2.75, 3.05) is 17.2 Å². The van der Waals surface area contributed by atoms with Crippen molar-refractivity contribution in [2.24, 2.45) is 11.7 Å². The fourth-order valence-corrected chi connectivity index (χ4v) is 3.35. The average molecular weight is 331 g/mol. The Balaban J connectivity index is 1.52. The SMILES string of the molecule is NC1CCCC(C(=O)Nc2ccc(NC(=O)C3CCCO3)cc2)C1. The number of ether oxygens (including phenoxy) is 1. The zero-order valence-corrected chi connectivity index (χ0v) is 13.8. The van der Waals surface area contributed by atoms with Gasteiger partial charge in [-0.3, -0.25) is 9.59 Å². The highest BCUT2D eigenvalue weighted by atomic mass is 16.5. The minimum absolute atomic E-state index is 0.00681. The Morgan fingerprint density at radius 3 is 2.21 bits per heavy atom. The fraction of sp³-hybridized carbons (Fsp3) is 0.556. The zero-order valence-electron chi connectivity index (χ0n) is 13.8. The number of carbonyl (C=O) groups is 2. The number of nitrogens with one attached hydrogen (secondary N) is 2. The highest BCUT2D eigenvalue weighted by Crippen LogP contribution is 2.25. The van der Waals surface area contributed by atoms with E-state index in [9.17, 15) is 9.59 Å². The van der Waals surface area contributed by atoms with Gasteiger partial charge in [0.2, 0.25) is 5.91 Å². The lowest BCUT2D eigenvalue weighted by Gasteiger charge is -2.25. The van der Waals surface area contributed by atoms with Gasteiger partial charge in [0.1, 0.15) is 6.10 Å². The van der Waals surface area contributed by atoms with Crippen LogP contribution in [-0.2, 0) is 14.3 Å². The average Bonchev–Trinajstić information content (AvgIpc) is 3.11.